The van der Waals surface area contributed by atoms with Crippen molar-refractivity contribution in [3.05, 3.63) is 28.3 Å². The van der Waals surface area contributed by atoms with Crippen molar-refractivity contribution in [3.8, 4) is 0 Å². The van der Waals surface area contributed by atoms with Crippen molar-refractivity contribution in [2.75, 3.05) is 39.4 Å². The molecular weight excluding hydrogens is 304 g/mol. The van der Waals surface area contributed by atoms with E-state index in [0.717, 1.165) is 13.1 Å². The Kier molecular flexibility index (Phi) is 4.77. The number of nitrogens with zero attached hydrogens (tertiary/aromatic N) is 6. The lowest BCUT2D eigenvalue weighted by Gasteiger charge is -2.27. The highest BCUT2D eigenvalue weighted by Gasteiger charge is 2.32. The van der Waals surface area contributed by atoms with Gasteiger partial charge in [-0.25, -0.2) is 4.79 Å². The first kappa shape index (κ1) is 15.3. The molecule has 2 fully saturated rings. The fourth-order valence-electron chi connectivity index (χ4n) is 2.41. The molecule has 2 saturated heterocycles. The molecule has 2 aliphatic rings. The molecule has 1 unspecified atom stereocenters. The molecule has 10 heteroatoms. The quantitative estimate of drug-likeness (QED) is 0.354. The number of morpholine rings is 1. The molecule has 0 aromatic carbocycles. The minimum absolute atomic E-state index is 0.142. The third kappa shape index (κ3) is 4.01. The standard InChI is InChI=1S/C13H16N6O4/c14-17-16-12-2-1-10(22-12)7-15-19-9-11(23-13(19)20)8-18-3-5-21-6-4-18/h1-2,7,11H,3-6,8-9H2/b15-7+. The molecule has 2 aliphatic heterocycles. The van der Waals surface area contributed by atoms with Crippen LogP contribution in [0.15, 0.2) is 26.8 Å². The summed E-state index contributed by atoms with van der Waals surface area (Å²) in [5.41, 5.74) is 8.31. The fraction of sp³-hybridized carbons (Fsp3) is 0.538. The lowest BCUT2D eigenvalue weighted by molar-refractivity contribution is 0.0188. The number of hydrogen-bond acceptors (Lipinski definition) is 7. The van der Waals surface area contributed by atoms with Crippen LogP contribution in [0.2, 0.25) is 0 Å². The van der Waals surface area contributed by atoms with Crippen molar-refractivity contribution < 1.29 is 18.7 Å². The molecule has 3 rings (SSSR count). The second kappa shape index (κ2) is 7.14. The predicted octanol–water partition coefficient (Wildman–Crippen LogP) is 1.71. The van der Waals surface area contributed by atoms with Gasteiger partial charge in [-0.15, -0.1) is 0 Å². The number of furan rings is 1. The summed E-state index contributed by atoms with van der Waals surface area (Å²) >= 11 is 0. The Morgan fingerprint density at radius 1 is 1.39 bits per heavy atom. The average molecular weight is 320 g/mol. The summed E-state index contributed by atoms with van der Waals surface area (Å²) in [6, 6.07) is 3.12. The number of hydrogen-bond donors (Lipinski definition) is 0. The van der Waals surface area contributed by atoms with E-state index in [2.05, 4.69) is 20.0 Å². The molecule has 0 N–H and O–H groups in total. The van der Waals surface area contributed by atoms with Crippen LogP contribution in [0.4, 0.5) is 10.7 Å². The highest BCUT2D eigenvalue weighted by atomic mass is 16.6. The molecule has 3 heterocycles. The maximum atomic E-state index is 11.8. The van der Waals surface area contributed by atoms with Crippen LogP contribution in [0, 0.1) is 0 Å². The van der Waals surface area contributed by atoms with E-state index in [1.54, 1.807) is 6.07 Å². The first-order valence-corrected chi connectivity index (χ1v) is 7.22. The van der Waals surface area contributed by atoms with Crippen molar-refractivity contribution >= 4 is 18.2 Å². The topological polar surface area (TPSA) is 116 Å². The summed E-state index contributed by atoms with van der Waals surface area (Å²) in [6.07, 6.45) is 0.684. The maximum Gasteiger partial charge on any atom is 0.430 e. The second-order valence-electron chi connectivity index (χ2n) is 5.11. The molecule has 0 bridgehead atoms. The Morgan fingerprint density at radius 2 is 2.22 bits per heavy atom. The normalized spacial score (nSPS) is 22.3. The largest absolute Gasteiger partial charge is 0.453 e. The minimum Gasteiger partial charge on any atom is -0.453 e. The first-order chi connectivity index (χ1) is 11.2. The van der Waals surface area contributed by atoms with Crippen LogP contribution in [0.25, 0.3) is 10.4 Å². The lowest BCUT2D eigenvalue weighted by atomic mass is 10.3. The van der Waals surface area contributed by atoms with Gasteiger partial charge in [0.1, 0.15) is 11.9 Å². The molecular formula is C13H16N6O4. The monoisotopic (exact) mass is 320 g/mol. The third-order valence-electron chi connectivity index (χ3n) is 3.50. The number of carbonyl (C=O) groups is 1. The highest BCUT2D eigenvalue weighted by molar-refractivity contribution is 5.78. The van der Waals surface area contributed by atoms with E-state index >= 15 is 0 Å². The van der Waals surface area contributed by atoms with Crippen LogP contribution in [0.5, 0.6) is 0 Å². The Labute approximate surface area is 131 Å². The van der Waals surface area contributed by atoms with Crippen molar-refractivity contribution in [2.24, 2.45) is 10.2 Å². The molecule has 0 saturated carbocycles. The fourth-order valence-corrected chi connectivity index (χ4v) is 2.41. The Morgan fingerprint density at radius 3 is 3.00 bits per heavy atom. The van der Waals surface area contributed by atoms with Gasteiger partial charge in [-0.3, -0.25) is 4.90 Å². The van der Waals surface area contributed by atoms with E-state index in [0.29, 0.717) is 32.1 Å². The van der Waals surface area contributed by atoms with Crippen LogP contribution in [0.1, 0.15) is 5.76 Å². The van der Waals surface area contributed by atoms with Gasteiger partial charge in [0.05, 0.1) is 26.0 Å². The Hall–Kier alpha value is -2.55. The molecule has 0 radical (unpaired) electrons. The number of rotatable bonds is 5. The second-order valence-corrected chi connectivity index (χ2v) is 5.11. The molecule has 1 aromatic rings. The van der Waals surface area contributed by atoms with E-state index in [-0.39, 0.29) is 12.0 Å². The van der Waals surface area contributed by atoms with Crippen molar-refractivity contribution in [3.63, 3.8) is 0 Å². The van der Waals surface area contributed by atoms with E-state index in [9.17, 15) is 4.79 Å². The number of carbonyl (C=O) groups excluding carboxylic acids is 1. The lowest BCUT2D eigenvalue weighted by Crippen LogP contribution is -2.41. The number of cyclic esters (lactones) is 1. The van der Waals surface area contributed by atoms with E-state index in [1.807, 2.05) is 0 Å². The first-order valence-electron chi connectivity index (χ1n) is 7.22. The summed E-state index contributed by atoms with van der Waals surface area (Å²) in [7, 11) is 0. The van der Waals surface area contributed by atoms with Gasteiger partial charge in [0.2, 0.25) is 0 Å². The molecule has 0 aliphatic carbocycles. The van der Waals surface area contributed by atoms with Crippen LogP contribution in [-0.4, -0.2) is 67.7 Å². The maximum absolute atomic E-state index is 11.8. The average Bonchev–Trinajstić information content (AvgIpc) is 3.13. The molecule has 0 spiro atoms. The predicted molar refractivity (Wildman–Crippen MR) is 79.3 cm³/mol. The molecule has 122 valence electrons. The van der Waals surface area contributed by atoms with Crippen LogP contribution in [0.3, 0.4) is 0 Å². The molecule has 10 nitrogen and oxygen atoms in total. The zero-order valence-corrected chi connectivity index (χ0v) is 12.4. The molecule has 1 aromatic heterocycles. The minimum atomic E-state index is -0.485. The summed E-state index contributed by atoms with van der Waals surface area (Å²) < 4.78 is 15.8. The summed E-state index contributed by atoms with van der Waals surface area (Å²) in [5, 5.41) is 8.63. The zero-order valence-electron chi connectivity index (χ0n) is 12.4. The molecule has 23 heavy (non-hydrogen) atoms. The summed E-state index contributed by atoms with van der Waals surface area (Å²) in [4.78, 5) is 16.6. The Bertz CT molecular complexity index is 632. The third-order valence-corrected chi connectivity index (χ3v) is 3.50. The van der Waals surface area contributed by atoms with E-state index in [4.69, 9.17) is 19.4 Å². The van der Waals surface area contributed by atoms with Gasteiger partial charge < -0.3 is 13.9 Å². The zero-order chi connectivity index (χ0) is 16.1. The van der Waals surface area contributed by atoms with Gasteiger partial charge in [-0.1, -0.05) is 0 Å². The SMILES string of the molecule is [N-]=[N+]=Nc1ccc(/C=N/N2CC(CN3CCOCC3)OC2=O)o1. The van der Waals surface area contributed by atoms with Crippen LogP contribution in [-0.2, 0) is 9.47 Å². The number of amides is 1. The van der Waals surface area contributed by atoms with Gasteiger partial charge in [-0.05, 0) is 22.8 Å². The van der Waals surface area contributed by atoms with E-state index in [1.165, 1.54) is 17.3 Å². The summed E-state index contributed by atoms with van der Waals surface area (Å²) in [6.45, 7) is 4.14. The van der Waals surface area contributed by atoms with Gasteiger partial charge in [0.15, 0.2) is 5.88 Å². The van der Waals surface area contributed by atoms with Gasteiger partial charge in [0.25, 0.3) is 0 Å². The van der Waals surface area contributed by atoms with Crippen molar-refractivity contribution in [1.82, 2.24) is 9.91 Å². The number of azide groups is 1. The van der Waals surface area contributed by atoms with Crippen molar-refractivity contribution in [2.45, 2.75) is 6.10 Å². The number of ether oxygens (including phenoxy) is 2. The smallest absolute Gasteiger partial charge is 0.430 e. The van der Waals surface area contributed by atoms with Crippen LogP contribution >= 0.6 is 0 Å². The van der Waals surface area contributed by atoms with Crippen molar-refractivity contribution in [1.29, 1.82) is 0 Å². The van der Waals surface area contributed by atoms with Gasteiger partial charge in [0, 0.05) is 24.5 Å². The number of hydrazone groups is 1. The summed E-state index contributed by atoms with van der Waals surface area (Å²) in [5.74, 6) is 0.528. The molecule has 1 amide bonds. The Balaban J connectivity index is 1.54. The highest BCUT2D eigenvalue weighted by Crippen LogP contribution is 2.17. The van der Waals surface area contributed by atoms with Gasteiger partial charge in [-0.2, -0.15) is 10.1 Å². The molecule has 1 atom stereocenters. The van der Waals surface area contributed by atoms with E-state index < -0.39 is 6.09 Å². The van der Waals surface area contributed by atoms with Gasteiger partial charge >= 0.3 is 6.09 Å². The van der Waals surface area contributed by atoms with Crippen LogP contribution < -0.4 is 0 Å².